The van der Waals surface area contributed by atoms with Crippen LogP contribution in [0.15, 0.2) is 43.0 Å². The Morgan fingerprint density at radius 2 is 2.12 bits per heavy atom. The number of aromatic amines is 1. The van der Waals surface area contributed by atoms with E-state index in [2.05, 4.69) is 25.6 Å². The van der Waals surface area contributed by atoms with Gasteiger partial charge in [0.15, 0.2) is 5.82 Å². The molecule has 0 radical (unpaired) electrons. The van der Waals surface area contributed by atoms with Crippen LogP contribution in [0, 0.1) is 10.1 Å². The van der Waals surface area contributed by atoms with Gasteiger partial charge in [-0.1, -0.05) is 0 Å². The van der Waals surface area contributed by atoms with Crippen LogP contribution >= 0.6 is 0 Å². The summed E-state index contributed by atoms with van der Waals surface area (Å²) in [5.74, 6) is 0.439. The maximum atomic E-state index is 11.9. The van der Waals surface area contributed by atoms with Crippen molar-refractivity contribution in [1.82, 2.24) is 25.0 Å². The maximum absolute atomic E-state index is 11.9. The summed E-state index contributed by atoms with van der Waals surface area (Å²) < 4.78 is 1.37. The number of rotatable bonds is 6. The molecule has 24 heavy (non-hydrogen) atoms. The Hall–Kier alpha value is -3.56. The van der Waals surface area contributed by atoms with Crippen molar-refractivity contribution in [3.8, 4) is 11.4 Å². The molecule has 0 bridgehead atoms. The molecule has 2 aromatic heterocycles. The fraction of sp³-hybridized carbons (Fsp3) is 0.143. The minimum absolute atomic E-state index is 0.0987. The summed E-state index contributed by atoms with van der Waals surface area (Å²) in [4.78, 5) is 26.0. The van der Waals surface area contributed by atoms with Gasteiger partial charge in [0.05, 0.1) is 4.92 Å². The van der Waals surface area contributed by atoms with Crippen molar-refractivity contribution in [2.24, 2.45) is 0 Å². The van der Waals surface area contributed by atoms with Crippen molar-refractivity contribution in [2.45, 2.75) is 13.0 Å². The fourth-order valence-electron chi connectivity index (χ4n) is 2.06. The van der Waals surface area contributed by atoms with Gasteiger partial charge in [-0.3, -0.25) is 24.7 Å². The number of nitro groups is 1. The van der Waals surface area contributed by atoms with E-state index in [1.165, 1.54) is 17.2 Å². The SMILES string of the molecule is O=C(CCn1cc([N+](=O)[O-])cn1)Nc1ccc(-c2ncn[nH]2)cc1. The molecule has 0 aliphatic rings. The zero-order valence-corrected chi connectivity index (χ0v) is 12.4. The number of hydrogen-bond donors (Lipinski definition) is 2. The third-order valence-electron chi connectivity index (χ3n) is 3.26. The summed E-state index contributed by atoms with van der Waals surface area (Å²) >= 11 is 0. The van der Waals surface area contributed by atoms with Crippen molar-refractivity contribution in [2.75, 3.05) is 5.32 Å². The number of nitrogens with one attached hydrogen (secondary N) is 2. The van der Waals surface area contributed by atoms with Crippen molar-refractivity contribution in [1.29, 1.82) is 0 Å². The van der Waals surface area contributed by atoms with E-state index in [0.717, 1.165) is 11.8 Å². The summed E-state index contributed by atoms with van der Waals surface area (Å²) in [5, 5.41) is 23.7. The Morgan fingerprint density at radius 3 is 2.75 bits per heavy atom. The van der Waals surface area contributed by atoms with Crippen LogP contribution < -0.4 is 5.32 Å². The number of hydrogen-bond acceptors (Lipinski definition) is 6. The molecule has 0 saturated carbocycles. The van der Waals surface area contributed by atoms with Gasteiger partial charge in [-0.25, -0.2) is 4.98 Å². The highest BCUT2D eigenvalue weighted by atomic mass is 16.6. The Kier molecular flexibility index (Phi) is 4.27. The van der Waals surface area contributed by atoms with Gasteiger partial charge in [0.1, 0.15) is 18.7 Å². The number of carbonyl (C=O) groups excluding carboxylic acids is 1. The van der Waals surface area contributed by atoms with Gasteiger partial charge < -0.3 is 5.32 Å². The summed E-state index contributed by atoms with van der Waals surface area (Å²) in [5.41, 5.74) is 1.41. The van der Waals surface area contributed by atoms with Crippen molar-refractivity contribution < 1.29 is 9.72 Å². The second-order valence-electron chi connectivity index (χ2n) is 4.93. The van der Waals surface area contributed by atoms with E-state index in [9.17, 15) is 14.9 Å². The topological polar surface area (TPSA) is 132 Å². The van der Waals surface area contributed by atoms with Crippen LogP contribution in [0.25, 0.3) is 11.4 Å². The zero-order valence-electron chi connectivity index (χ0n) is 12.4. The predicted molar refractivity (Wildman–Crippen MR) is 83.9 cm³/mol. The molecule has 10 nitrogen and oxygen atoms in total. The number of H-pyrrole nitrogens is 1. The van der Waals surface area contributed by atoms with Gasteiger partial charge in [-0.15, -0.1) is 0 Å². The van der Waals surface area contributed by atoms with E-state index < -0.39 is 4.92 Å². The molecule has 2 N–H and O–H groups in total. The van der Waals surface area contributed by atoms with Crippen LogP contribution in [0.5, 0.6) is 0 Å². The Labute approximate surface area is 135 Å². The number of nitrogens with zero attached hydrogens (tertiary/aromatic N) is 5. The van der Waals surface area contributed by atoms with Gasteiger partial charge in [0.25, 0.3) is 0 Å². The number of aromatic nitrogens is 5. The van der Waals surface area contributed by atoms with E-state index in [1.54, 1.807) is 12.1 Å². The Bertz CT molecular complexity index is 840. The standard InChI is InChI=1S/C14H13N7O3/c22-13(5-6-20-8-12(7-17-20)21(23)24)18-11-3-1-10(2-4-11)14-15-9-16-19-14/h1-4,7-9H,5-6H2,(H,18,22)(H,15,16,19). The molecule has 0 fully saturated rings. The summed E-state index contributed by atoms with van der Waals surface area (Å²) in [6.45, 7) is 0.260. The van der Waals surface area contributed by atoms with Crippen LogP contribution in [0.2, 0.25) is 0 Å². The van der Waals surface area contributed by atoms with E-state index >= 15 is 0 Å². The lowest BCUT2D eigenvalue weighted by Gasteiger charge is -2.06. The first-order valence-corrected chi connectivity index (χ1v) is 7.04. The van der Waals surface area contributed by atoms with Gasteiger partial charge in [-0.2, -0.15) is 10.2 Å². The van der Waals surface area contributed by atoms with E-state index in [0.29, 0.717) is 11.5 Å². The minimum atomic E-state index is -0.528. The Morgan fingerprint density at radius 1 is 1.33 bits per heavy atom. The van der Waals surface area contributed by atoms with Crippen LogP contribution in [0.4, 0.5) is 11.4 Å². The van der Waals surface area contributed by atoms with Gasteiger partial charge >= 0.3 is 5.69 Å². The maximum Gasteiger partial charge on any atom is 0.306 e. The molecule has 3 rings (SSSR count). The van der Waals surface area contributed by atoms with Crippen LogP contribution in [-0.2, 0) is 11.3 Å². The third kappa shape index (κ3) is 3.61. The zero-order chi connectivity index (χ0) is 16.9. The quantitative estimate of drug-likeness (QED) is 0.522. The molecule has 0 saturated heterocycles. The highest BCUT2D eigenvalue weighted by Crippen LogP contribution is 2.17. The van der Waals surface area contributed by atoms with Crippen LogP contribution in [-0.4, -0.2) is 35.8 Å². The molecular weight excluding hydrogens is 314 g/mol. The first kappa shape index (κ1) is 15.3. The second kappa shape index (κ2) is 6.69. The van der Waals surface area contributed by atoms with Crippen molar-refractivity contribution in [3.05, 3.63) is 53.1 Å². The van der Waals surface area contributed by atoms with Gasteiger partial charge in [-0.05, 0) is 24.3 Å². The lowest BCUT2D eigenvalue weighted by atomic mass is 10.2. The molecule has 2 heterocycles. The van der Waals surface area contributed by atoms with E-state index in [1.807, 2.05) is 12.1 Å². The third-order valence-corrected chi connectivity index (χ3v) is 3.26. The second-order valence-corrected chi connectivity index (χ2v) is 4.93. The number of amides is 1. The number of carbonyl (C=O) groups is 1. The normalized spacial score (nSPS) is 10.5. The molecule has 0 aliphatic carbocycles. The van der Waals surface area contributed by atoms with Gasteiger partial charge in [0, 0.05) is 24.2 Å². The lowest BCUT2D eigenvalue weighted by Crippen LogP contribution is -2.14. The monoisotopic (exact) mass is 327 g/mol. The molecule has 1 amide bonds. The first-order valence-electron chi connectivity index (χ1n) is 7.04. The summed E-state index contributed by atoms with van der Waals surface area (Å²) in [6.07, 6.45) is 4.02. The molecule has 0 aliphatic heterocycles. The fourth-order valence-corrected chi connectivity index (χ4v) is 2.06. The highest BCUT2D eigenvalue weighted by molar-refractivity contribution is 5.90. The average molecular weight is 327 g/mol. The minimum Gasteiger partial charge on any atom is -0.326 e. The lowest BCUT2D eigenvalue weighted by molar-refractivity contribution is -0.385. The van der Waals surface area contributed by atoms with Crippen molar-refractivity contribution in [3.63, 3.8) is 0 Å². The molecule has 0 unspecified atom stereocenters. The molecule has 0 atom stereocenters. The smallest absolute Gasteiger partial charge is 0.306 e. The Balaban J connectivity index is 1.53. The number of anilines is 1. The van der Waals surface area contributed by atoms with E-state index in [4.69, 9.17) is 0 Å². The molecular formula is C14H13N7O3. The summed E-state index contributed by atoms with van der Waals surface area (Å²) in [6, 6.07) is 7.14. The van der Waals surface area contributed by atoms with Crippen molar-refractivity contribution >= 4 is 17.3 Å². The number of benzene rings is 1. The average Bonchev–Trinajstić information content (AvgIpc) is 3.25. The van der Waals surface area contributed by atoms with Crippen LogP contribution in [0.3, 0.4) is 0 Å². The van der Waals surface area contributed by atoms with E-state index in [-0.39, 0.29) is 24.6 Å². The predicted octanol–water partition coefficient (Wildman–Crippen LogP) is 1.61. The molecule has 10 heteroatoms. The van der Waals surface area contributed by atoms with Gasteiger partial charge in [0.2, 0.25) is 5.91 Å². The molecule has 0 spiro atoms. The first-order chi connectivity index (χ1) is 11.6. The largest absolute Gasteiger partial charge is 0.326 e. The molecule has 1 aromatic carbocycles. The molecule has 3 aromatic rings. The summed E-state index contributed by atoms with van der Waals surface area (Å²) in [7, 11) is 0. The highest BCUT2D eigenvalue weighted by Gasteiger charge is 2.10. The number of aryl methyl sites for hydroxylation is 1. The molecule has 122 valence electrons. The van der Waals surface area contributed by atoms with Crippen LogP contribution in [0.1, 0.15) is 6.42 Å².